The van der Waals surface area contributed by atoms with E-state index in [2.05, 4.69) is 10.4 Å². The maximum Gasteiger partial charge on any atom is 0.224 e. The Hall–Kier alpha value is -2.10. The Bertz CT molecular complexity index is 587. The molecule has 4 heteroatoms. The SMILES string of the molecule is CCCC(=O)Nc1ccccc1-n1nc(C)cc1C. The van der Waals surface area contributed by atoms with Gasteiger partial charge in [0.1, 0.15) is 0 Å². The van der Waals surface area contributed by atoms with Gasteiger partial charge in [-0.2, -0.15) is 5.10 Å². The van der Waals surface area contributed by atoms with Gasteiger partial charge in [0.05, 0.1) is 17.1 Å². The minimum atomic E-state index is 0.0384. The highest BCUT2D eigenvalue weighted by Crippen LogP contribution is 2.21. The van der Waals surface area contributed by atoms with Crippen molar-refractivity contribution < 1.29 is 4.79 Å². The van der Waals surface area contributed by atoms with Crippen molar-refractivity contribution in [3.05, 3.63) is 41.7 Å². The minimum Gasteiger partial charge on any atom is -0.324 e. The lowest BCUT2D eigenvalue weighted by Crippen LogP contribution is -2.13. The van der Waals surface area contributed by atoms with Gasteiger partial charge in [-0.3, -0.25) is 4.79 Å². The number of benzene rings is 1. The second-order valence-corrected chi connectivity index (χ2v) is 4.65. The summed E-state index contributed by atoms with van der Waals surface area (Å²) in [6.07, 6.45) is 1.37. The van der Waals surface area contributed by atoms with Crippen LogP contribution in [0.5, 0.6) is 0 Å². The number of hydrogen-bond acceptors (Lipinski definition) is 2. The van der Waals surface area contributed by atoms with Crippen molar-refractivity contribution in [3.8, 4) is 5.69 Å². The number of amides is 1. The van der Waals surface area contributed by atoms with Gasteiger partial charge in [-0.1, -0.05) is 19.1 Å². The molecule has 1 heterocycles. The number of nitrogens with one attached hydrogen (secondary N) is 1. The Morgan fingerprint density at radius 3 is 2.68 bits per heavy atom. The zero-order chi connectivity index (χ0) is 13.8. The Labute approximate surface area is 113 Å². The quantitative estimate of drug-likeness (QED) is 0.914. The largest absolute Gasteiger partial charge is 0.324 e. The number of hydrogen-bond donors (Lipinski definition) is 1. The molecular formula is C15H19N3O. The molecular weight excluding hydrogens is 238 g/mol. The molecule has 1 amide bonds. The molecule has 1 N–H and O–H groups in total. The van der Waals surface area contributed by atoms with Crippen LogP contribution in [0, 0.1) is 13.8 Å². The van der Waals surface area contributed by atoms with Crippen molar-refractivity contribution in [2.75, 3.05) is 5.32 Å². The van der Waals surface area contributed by atoms with Crippen molar-refractivity contribution in [3.63, 3.8) is 0 Å². The molecule has 0 aliphatic heterocycles. The lowest BCUT2D eigenvalue weighted by atomic mass is 10.2. The topological polar surface area (TPSA) is 46.9 Å². The lowest BCUT2D eigenvalue weighted by molar-refractivity contribution is -0.116. The summed E-state index contributed by atoms with van der Waals surface area (Å²) in [5, 5.41) is 7.41. The highest BCUT2D eigenvalue weighted by molar-refractivity contribution is 5.92. The van der Waals surface area contributed by atoms with E-state index in [0.717, 1.165) is 29.2 Å². The van der Waals surface area contributed by atoms with Crippen LogP contribution < -0.4 is 5.32 Å². The average Bonchev–Trinajstić information content (AvgIpc) is 2.69. The average molecular weight is 257 g/mol. The smallest absolute Gasteiger partial charge is 0.224 e. The molecule has 0 spiro atoms. The van der Waals surface area contributed by atoms with Crippen molar-refractivity contribution in [2.24, 2.45) is 0 Å². The van der Waals surface area contributed by atoms with E-state index in [-0.39, 0.29) is 5.91 Å². The van der Waals surface area contributed by atoms with Gasteiger partial charge in [0, 0.05) is 12.1 Å². The van der Waals surface area contributed by atoms with Crippen LogP contribution in [-0.2, 0) is 4.79 Å². The van der Waals surface area contributed by atoms with E-state index < -0.39 is 0 Å². The Kier molecular flexibility index (Phi) is 4.00. The van der Waals surface area contributed by atoms with Crippen LogP contribution in [-0.4, -0.2) is 15.7 Å². The summed E-state index contributed by atoms with van der Waals surface area (Å²) in [6, 6.07) is 9.74. The standard InChI is InChI=1S/C15H19N3O/c1-4-7-15(19)16-13-8-5-6-9-14(13)18-12(3)10-11(2)17-18/h5-6,8-10H,4,7H2,1-3H3,(H,16,19). The zero-order valence-corrected chi connectivity index (χ0v) is 11.6. The van der Waals surface area contributed by atoms with Crippen LogP contribution >= 0.6 is 0 Å². The fourth-order valence-electron chi connectivity index (χ4n) is 2.08. The molecule has 2 aromatic rings. The first kappa shape index (κ1) is 13.3. The highest BCUT2D eigenvalue weighted by Gasteiger charge is 2.10. The zero-order valence-electron chi connectivity index (χ0n) is 11.6. The Balaban J connectivity index is 2.36. The molecule has 0 saturated heterocycles. The van der Waals surface area contributed by atoms with E-state index in [1.54, 1.807) is 0 Å². The number of para-hydroxylation sites is 2. The number of aryl methyl sites for hydroxylation is 2. The van der Waals surface area contributed by atoms with E-state index in [9.17, 15) is 4.79 Å². The summed E-state index contributed by atoms with van der Waals surface area (Å²) in [5.41, 5.74) is 3.71. The maximum atomic E-state index is 11.7. The van der Waals surface area contributed by atoms with Crippen LogP contribution in [0.1, 0.15) is 31.2 Å². The van der Waals surface area contributed by atoms with Gasteiger partial charge < -0.3 is 5.32 Å². The van der Waals surface area contributed by atoms with E-state index in [0.29, 0.717) is 6.42 Å². The molecule has 4 nitrogen and oxygen atoms in total. The normalized spacial score (nSPS) is 10.5. The van der Waals surface area contributed by atoms with Crippen LogP contribution in [0.15, 0.2) is 30.3 Å². The monoisotopic (exact) mass is 257 g/mol. The number of nitrogens with zero attached hydrogens (tertiary/aromatic N) is 2. The van der Waals surface area contributed by atoms with Crippen LogP contribution in [0.25, 0.3) is 5.69 Å². The van der Waals surface area contributed by atoms with Gasteiger partial charge in [0.25, 0.3) is 0 Å². The third-order valence-corrected chi connectivity index (χ3v) is 2.89. The maximum absolute atomic E-state index is 11.7. The molecule has 1 aromatic heterocycles. The van der Waals surface area contributed by atoms with Crippen LogP contribution in [0.4, 0.5) is 5.69 Å². The predicted molar refractivity (Wildman–Crippen MR) is 76.6 cm³/mol. The van der Waals surface area contributed by atoms with Crippen molar-refractivity contribution >= 4 is 11.6 Å². The lowest BCUT2D eigenvalue weighted by Gasteiger charge is -2.12. The van der Waals surface area contributed by atoms with Gasteiger partial charge in [-0.05, 0) is 38.5 Å². The third kappa shape index (κ3) is 3.02. The van der Waals surface area contributed by atoms with E-state index >= 15 is 0 Å². The van der Waals surface area contributed by atoms with Crippen molar-refractivity contribution in [1.29, 1.82) is 0 Å². The van der Waals surface area contributed by atoms with Gasteiger partial charge >= 0.3 is 0 Å². The third-order valence-electron chi connectivity index (χ3n) is 2.89. The number of carbonyl (C=O) groups is 1. The first-order valence-electron chi connectivity index (χ1n) is 6.54. The van der Waals surface area contributed by atoms with Crippen molar-refractivity contribution in [2.45, 2.75) is 33.6 Å². The number of carbonyl (C=O) groups excluding carboxylic acids is 1. The first-order valence-corrected chi connectivity index (χ1v) is 6.54. The number of rotatable bonds is 4. The summed E-state index contributed by atoms with van der Waals surface area (Å²) >= 11 is 0. The second kappa shape index (κ2) is 5.69. The molecule has 0 atom stereocenters. The minimum absolute atomic E-state index is 0.0384. The van der Waals surface area contributed by atoms with Crippen LogP contribution in [0.2, 0.25) is 0 Å². The van der Waals surface area contributed by atoms with Crippen LogP contribution in [0.3, 0.4) is 0 Å². The van der Waals surface area contributed by atoms with Crippen molar-refractivity contribution in [1.82, 2.24) is 9.78 Å². The van der Waals surface area contributed by atoms with E-state index in [1.165, 1.54) is 0 Å². The molecule has 19 heavy (non-hydrogen) atoms. The predicted octanol–water partition coefficient (Wildman–Crippen LogP) is 3.23. The molecule has 0 unspecified atom stereocenters. The molecule has 0 bridgehead atoms. The van der Waals surface area contributed by atoms with Gasteiger partial charge in [0.2, 0.25) is 5.91 Å². The fourth-order valence-corrected chi connectivity index (χ4v) is 2.08. The number of anilines is 1. The summed E-state index contributed by atoms with van der Waals surface area (Å²) in [7, 11) is 0. The molecule has 0 aliphatic carbocycles. The Morgan fingerprint density at radius 2 is 2.05 bits per heavy atom. The van der Waals surface area contributed by atoms with E-state index in [4.69, 9.17) is 0 Å². The summed E-state index contributed by atoms with van der Waals surface area (Å²) in [5.74, 6) is 0.0384. The van der Waals surface area contributed by atoms with Gasteiger partial charge in [0.15, 0.2) is 0 Å². The van der Waals surface area contributed by atoms with Gasteiger partial charge in [-0.25, -0.2) is 4.68 Å². The Morgan fingerprint density at radius 1 is 1.32 bits per heavy atom. The molecule has 1 aromatic carbocycles. The number of aromatic nitrogens is 2. The van der Waals surface area contributed by atoms with E-state index in [1.807, 2.05) is 55.8 Å². The molecule has 0 fully saturated rings. The highest BCUT2D eigenvalue weighted by atomic mass is 16.1. The molecule has 0 aliphatic rings. The first-order chi connectivity index (χ1) is 9.11. The van der Waals surface area contributed by atoms with Gasteiger partial charge in [-0.15, -0.1) is 0 Å². The summed E-state index contributed by atoms with van der Waals surface area (Å²) in [4.78, 5) is 11.7. The second-order valence-electron chi connectivity index (χ2n) is 4.65. The fraction of sp³-hybridized carbons (Fsp3) is 0.333. The molecule has 0 radical (unpaired) electrons. The summed E-state index contributed by atoms with van der Waals surface area (Å²) < 4.78 is 1.86. The molecule has 0 saturated carbocycles. The summed E-state index contributed by atoms with van der Waals surface area (Å²) in [6.45, 7) is 5.96. The molecule has 100 valence electrons. The molecule has 2 rings (SSSR count).